The van der Waals surface area contributed by atoms with E-state index in [1.165, 1.54) is 6.42 Å². The molecule has 1 heterocycles. The van der Waals surface area contributed by atoms with Gasteiger partial charge >= 0.3 is 12.0 Å². The van der Waals surface area contributed by atoms with Gasteiger partial charge in [0.25, 0.3) is 0 Å². The molecule has 1 saturated carbocycles. The van der Waals surface area contributed by atoms with Crippen molar-refractivity contribution in [2.45, 2.75) is 70.9 Å². The molecule has 0 bridgehead atoms. The normalized spacial score (nSPS) is 23.8. The lowest BCUT2D eigenvalue weighted by Crippen LogP contribution is -2.68. The zero-order valence-electron chi connectivity index (χ0n) is 16.7. The number of hydrogen-bond donors (Lipinski definition) is 2. The van der Waals surface area contributed by atoms with Crippen molar-refractivity contribution in [3.63, 3.8) is 0 Å². The minimum absolute atomic E-state index is 0.0543. The molecule has 3 rings (SSSR count). The molecule has 1 aromatic rings. The van der Waals surface area contributed by atoms with Gasteiger partial charge in [-0.05, 0) is 51.0 Å². The molecule has 3 amide bonds. The fourth-order valence-corrected chi connectivity index (χ4v) is 4.55. The van der Waals surface area contributed by atoms with Gasteiger partial charge in [0, 0.05) is 6.04 Å². The second-order valence-corrected chi connectivity index (χ2v) is 8.26. The van der Waals surface area contributed by atoms with Crippen LogP contribution >= 0.6 is 0 Å². The zero-order valence-corrected chi connectivity index (χ0v) is 16.7. The largest absolute Gasteiger partial charge is 0.480 e. The highest BCUT2D eigenvalue weighted by Crippen LogP contribution is 2.32. The average molecular weight is 386 g/mol. The quantitative estimate of drug-likeness (QED) is 0.733. The van der Waals surface area contributed by atoms with E-state index in [0.29, 0.717) is 18.8 Å². The van der Waals surface area contributed by atoms with Gasteiger partial charge in [-0.1, -0.05) is 49.1 Å². The van der Waals surface area contributed by atoms with Crippen LogP contribution in [0.2, 0.25) is 0 Å². The Balaban J connectivity index is 1.59. The number of rotatable bonds is 6. The Bertz CT molecular complexity index is 742. The van der Waals surface area contributed by atoms with Gasteiger partial charge in [0.05, 0.1) is 5.92 Å². The van der Waals surface area contributed by atoms with Gasteiger partial charge in [-0.25, -0.2) is 14.5 Å². The number of benzene rings is 1. The van der Waals surface area contributed by atoms with Crippen LogP contribution in [0.1, 0.15) is 56.6 Å². The summed E-state index contributed by atoms with van der Waals surface area (Å²) in [4.78, 5) is 37.8. The third kappa shape index (κ3) is 4.37. The SMILES string of the molecule is Cc1cccc(CC[C@H]2C(=O)N(C(=O)N[C@H](C)C3CCCCC3)[C@@H]2C(=O)O)c1. The van der Waals surface area contributed by atoms with Crippen LogP contribution in [0.3, 0.4) is 0 Å². The molecule has 0 spiro atoms. The number of likely N-dealkylation sites (tertiary alicyclic amines) is 1. The predicted octanol–water partition coefficient (Wildman–Crippen LogP) is 3.52. The van der Waals surface area contributed by atoms with E-state index in [4.69, 9.17) is 0 Å². The van der Waals surface area contributed by atoms with Crippen molar-refractivity contribution in [1.82, 2.24) is 10.2 Å². The first-order valence-corrected chi connectivity index (χ1v) is 10.3. The molecule has 1 aromatic carbocycles. The molecule has 6 nitrogen and oxygen atoms in total. The maximum Gasteiger partial charge on any atom is 0.327 e. The minimum Gasteiger partial charge on any atom is -0.480 e. The number of nitrogens with one attached hydrogen (secondary N) is 1. The first kappa shape index (κ1) is 20.4. The predicted molar refractivity (Wildman–Crippen MR) is 106 cm³/mol. The Labute approximate surface area is 166 Å². The minimum atomic E-state index is -1.12. The molecule has 2 N–H and O–H groups in total. The van der Waals surface area contributed by atoms with Crippen molar-refractivity contribution in [3.8, 4) is 0 Å². The maximum atomic E-state index is 12.6. The number of imide groups is 1. The van der Waals surface area contributed by atoms with Crippen LogP contribution in [0.5, 0.6) is 0 Å². The second kappa shape index (κ2) is 8.76. The van der Waals surface area contributed by atoms with Crippen molar-refractivity contribution >= 4 is 17.9 Å². The van der Waals surface area contributed by atoms with Crippen molar-refractivity contribution in [1.29, 1.82) is 0 Å². The van der Waals surface area contributed by atoms with Crippen LogP contribution in [0.15, 0.2) is 24.3 Å². The molecule has 28 heavy (non-hydrogen) atoms. The summed E-state index contributed by atoms with van der Waals surface area (Å²) in [6, 6.07) is 6.27. The van der Waals surface area contributed by atoms with Gasteiger partial charge in [0.1, 0.15) is 0 Å². The summed E-state index contributed by atoms with van der Waals surface area (Å²) in [6.45, 7) is 3.95. The molecular formula is C22H30N2O4. The lowest BCUT2D eigenvalue weighted by atomic mass is 9.82. The number of nitrogens with zero attached hydrogens (tertiary/aromatic N) is 1. The van der Waals surface area contributed by atoms with E-state index >= 15 is 0 Å². The molecule has 0 unspecified atom stereocenters. The summed E-state index contributed by atoms with van der Waals surface area (Å²) in [5, 5.41) is 12.5. The first-order valence-electron chi connectivity index (χ1n) is 10.3. The number of β-lactam (4-membered cyclic amide) rings is 1. The molecule has 2 aliphatic rings. The van der Waals surface area contributed by atoms with Gasteiger partial charge in [-0.2, -0.15) is 0 Å². The summed E-state index contributed by atoms with van der Waals surface area (Å²) >= 11 is 0. The smallest absolute Gasteiger partial charge is 0.327 e. The Hall–Kier alpha value is -2.37. The van der Waals surface area contributed by atoms with E-state index < -0.39 is 24.0 Å². The third-order valence-corrected chi connectivity index (χ3v) is 6.22. The fourth-order valence-electron chi connectivity index (χ4n) is 4.55. The van der Waals surface area contributed by atoms with E-state index in [0.717, 1.165) is 41.7 Å². The van der Waals surface area contributed by atoms with E-state index in [1.54, 1.807) is 0 Å². The van der Waals surface area contributed by atoms with Crippen LogP contribution < -0.4 is 5.32 Å². The van der Waals surface area contributed by atoms with Gasteiger partial charge in [0.15, 0.2) is 6.04 Å². The number of aryl methyl sites for hydroxylation is 2. The molecular weight excluding hydrogens is 356 g/mol. The molecule has 1 saturated heterocycles. The molecule has 0 aromatic heterocycles. The number of aliphatic carboxylic acids is 1. The number of carbonyl (C=O) groups is 3. The maximum absolute atomic E-state index is 12.6. The Morgan fingerprint density at radius 1 is 1.25 bits per heavy atom. The Morgan fingerprint density at radius 2 is 1.96 bits per heavy atom. The highest BCUT2D eigenvalue weighted by molar-refractivity contribution is 6.07. The van der Waals surface area contributed by atoms with Crippen LogP contribution in [0, 0.1) is 18.8 Å². The summed E-state index contributed by atoms with van der Waals surface area (Å²) in [7, 11) is 0. The van der Waals surface area contributed by atoms with Crippen molar-refractivity contribution < 1.29 is 19.5 Å². The van der Waals surface area contributed by atoms with Crippen molar-refractivity contribution in [2.75, 3.05) is 0 Å². The molecule has 0 radical (unpaired) electrons. The monoisotopic (exact) mass is 386 g/mol. The van der Waals surface area contributed by atoms with Crippen LogP contribution in [-0.2, 0) is 16.0 Å². The lowest BCUT2D eigenvalue weighted by Gasteiger charge is -2.43. The second-order valence-electron chi connectivity index (χ2n) is 8.26. The lowest BCUT2D eigenvalue weighted by molar-refractivity contribution is -0.166. The van der Waals surface area contributed by atoms with E-state index in [-0.39, 0.29) is 11.9 Å². The fraction of sp³-hybridized carbons (Fsp3) is 0.591. The molecule has 1 aliphatic heterocycles. The highest BCUT2D eigenvalue weighted by atomic mass is 16.4. The number of urea groups is 1. The number of amides is 3. The number of carboxylic acids is 1. The summed E-state index contributed by atoms with van der Waals surface area (Å²) in [5.74, 6) is -1.74. The summed E-state index contributed by atoms with van der Waals surface area (Å²) < 4.78 is 0. The van der Waals surface area contributed by atoms with Gasteiger partial charge in [0.2, 0.25) is 5.91 Å². The van der Waals surface area contributed by atoms with E-state index in [2.05, 4.69) is 5.32 Å². The summed E-state index contributed by atoms with van der Waals surface area (Å²) in [6.07, 6.45) is 6.73. The van der Waals surface area contributed by atoms with Gasteiger partial charge < -0.3 is 10.4 Å². The third-order valence-electron chi connectivity index (χ3n) is 6.22. The van der Waals surface area contributed by atoms with E-state index in [1.807, 2.05) is 38.1 Å². The molecule has 3 atom stereocenters. The van der Waals surface area contributed by atoms with E-state index in [9.17, 15) is 19.5 Å². The number of carbonyl (C=O) groups excluding carboxylic acids is 2. The Kier molecular flexibility index (Phi) is 6.37. The molecule has 6 heteroatoms. The summed E-state index contributed by atoms with van der Waals surface area (Å²) in [5.41, 5.74) is 2.20. The molecule has 1 aliphatic carbocycles. The zero-order chi connectivity index (χ0) is 20.3. The number of hydrogen-bond acceptors (Lipinski definition) is 3. The van der Waals surface area contributed by atoms with Gasteiger partial charge in [-0.3, -0.25) is 4.79 Å². The average Bonchev–Trinajstić information content (AvgIpc) is 2.66. The standard InChI is InChI=1S/C22H30N2O4/c1-14-7-6-8-16(13-14)11-12-18-19(21(26)27)24(20(18)25)22(28)23-15(2)17-9-4-3-5-10-17/h6-8,13,15,17-19H,3-5,9-12H2,1-2H3,(H,23,28)(H,26,27)/t15-,18-,19+/m1/s1. The van der Waals surface area contributed by atoms with Gasteiger partial charge in [-0.15, -0.1) is 0 Å². The first-order chi connectivity index (χ1) is 13.4. The number of carboxylic acid groups (broad SMARTS) is 1. The topological polar surface area (TPSA) is 86.7 Å². The van der Waals surface area contributed by atoms with Crippen LogP contribution in [0.25, 0.3) is 0 Å². The van der Waals surface area contributed by atoms with Crippen LogP contribution in [-0.4, -0.2) is 40.0 Å². The highest BCUT2D eigenvalue weighted by Gasteiger charge is 2.54. The van der Waals surface area contributed by atoms with Crippen molar-refractivity contribution in [2.24, 2.45) is 11.8 Å². The Morgan fingerprint density at radius 3 is 2.61 bits per heavy atom. The van der Waals surface area contributed by atoms with Crippen LogP contribution in [0.4, 0.5) is 4.79 Å². The molecule has 2 fully saturated rings. The molecule has 152 valence electrons. The van der Waals surface area contributed by atoms with Crippen molar-refractivity contribution in [3.05, 3.63) is 35.4 Å².